The first-order valence-electron chi connectivity index (χ1n) is 6.04. The highest BCUT2D eigenvalue weighted by molar-refractivity contribution is 9.10. The Labute approximate surface area is 125 Å². The first-order chi connectivity index (χ1) is 9.42. The van der Waals surface area contributed by atoms with E-state index in [-0.39, 0.29) is 27.5 Å². The molecule has 0 saturated heterocycles. The van der Waals surface area contributed by atoms with E-state index in [4.69, 9.17) is 5.26 Å². The van der Waals surface area contributed by atoms with Gasteiger partial charge in [-0.05, 0) is 35.8 Å². The molecule has 0 aliphatic heterocycles. The highest BCUT2D eigenvalue weighted by Gasteiger charge is 2.23. The standard InChI is InChI=1S/C13H14BrN3O3/c1-3-16(8-9(2)7-15)13(18)10-5-4-6-11(12(10)14)17(19)20/h4-6,9H,3,8H2,1-2H3. The van der Waals surface area contributed by atoms with E-state index in [1.807, 2.05) is 0 Å². The molecule has 0 spiro atoms. The zero-order chi connectivity index (χ0) is 15.3. The van der Waals surface area contributed by atoms with Crippen LogP contribution >= 0.6 is 15.9 Å². The number of nitrogens with zero attached hydrogens (tertiary/aromatic N) is 3. The summed E-state index contributed by atoms with van der Waals surface area (Å²) in [6, 6.07) is 6.39. The minimum absolute atomic E-state index is 0.153. The largest absolute Gasteiger partial charge is 0.338 e. The van der Waals surface area contributed by atoms with Gasteiger partial charge in [0.05, 0.1) is 22.5 Å². The van der Waals surface area contributed by atoms with Crippen molar-refractivity contribution in [2.24, 2.45) is 5.92 Å². The Bertz CT molecular complexity index is 568. The highest BCUT2D eigenvalue weighted by Crippen LogP contribution is 2.29. The summed E-state index contributed by atoms with van der Waals surface area (Å²) in [7, 11) is 0. The zero-order valence-corrected chi connectivity index (χ0v) is 12.8. The molecule has 6 nitrogen and oxygen atoms in total. The molecule has 0 aliphatic carbocycles. The third kappa shape index (κ3) is 3.54. The average Bonchev–Trinajstić information content (AvgIpc) is 2.43. The fourth-order valence-electron chi connectivity index (χ4n) is 1.72. The summed E-state index contributed by atoms with van der Waals surface area (Å²) in [5.41, 5.74) is 0.0754. The molecule has 1 unspecified atom stereocenters. The molecule has 0 saturated carbocycles. The predicted molar refractivity (Wildman–Crippen MR) is 77.2 cm³/mol. The van der Waals surface area contributed by atoms with Gasteiger partial charge in [0, 0.05) is 19.2 Å². The fourth-order valence-corrected chi connectivity index (χ4v) is 2.30. The smallest absolute Gasteiger partial charge is 0.284 e. The van der Waals surface area contributed by atoms with Crippen molar-refractivity contribution in [3.8, 4) is 6.07 Å². The topological polar surface area (TPSA) is 87.2 Å². The van der Waals surface area contributed by atoms with Crippen LogP contribution in [0.2, 0.25) is 0 Å². The van der Waals surface area contributed by atoms with Gasteiger partial charge < -0.3 is 4.90 Å². The molecule has 0 aliphatic rings. The van der Waals surface area contributed by atoms with Gasteiger partial charge in [-0.25, -0.2) is 0 Å². The summed E-state index contributed by atoms with van der Waals surface area (Å²) in [6.07, 6.45) is 0. The van der Waals surface area contributed by atoms with Crippen molar-refractivity contribution in [3.05, 3.63) is 38.3 Å². The fraction of sp³-hybridized carbons (Fsp3) is 0.385. The summed E-state index contributed by atoms with van der Waals surface area (Å²) in [5.74, 6) is -0.624. The highest BCUT2D eigenvalue weighted by atomic mass is 79.9. The number of nitro benzene ring substituents is 1. The summed E-state index contributed by atoms with van der Waals surface area (Å²) in [5, 5.41) is 19.7. The van der Waals surface area contributed by atoms with E-state index in [0.717, 1.165) is 0 Å². The van der Waals surface area contributed by atoms with Crippen LogP contribution in [0.3, 0.4) is 0 Å². The van der Waals surface area contributed by atoms with Gasteiger partial charge in [-0.2, -0.15) is 5.26 Å². The van der Waals surface area contributed by atoms with Gasteiger partial charge in [-0.3, -0.25) is 14.9 Å². The van der Waals surface area contributed by atoms with Crippen molar-refractivity contribution in [1.29, 1.82) is 5.26 Å². The molecule has 1 aromatic rings. The Morgan fingerprint density at radius 3 is 2.75 bits per heavy atom. The van der Waals surface area contributed by atoms with Gasteiger partial charge >= 0.3 is 0 Å². The summed E-state index contributed by atoms with van der Waals surface area (Å²) in [6.45, 7) is 4.24. The maximum absolute atomic E-state index is 12.4. The maximum Gasteiger partial charge on any atom is 0.284 e. The molecular weight excluding hydrogens is 326 g/mol. The molecule has 1 atom stereocenters. The molecular formula is C13H14BrN3O3. The molecule has 106 valence electrons. The van der Waals surface area contributed by atoms with Crippen molar-refractivity contribution >= 4 is 27.5 Å². The number of amides is 1. The SMILES string of the molecule is CCN(CC(C)C#N)C(=O)c1cccc([N+](=O)[O-])c1Br. The lowest BCUT2D eigenvalue weighted by Gasteiger charge is -2.22. The van der Waals surface area contributed by atoms with Crippen LogP contribution in [0.25, 0.3) is 0 Å². The second kappa shape index (κ2) is 7.01. The Kier molecular flexibility index (Phi) is 5.65. The van der Waals surface area contributed by atoms with Crippen molar-refractivity contribution in [2.75, 3.05) is 13.1 Å². The minimum atomic E-state index is -0.547. The van der Waals surface area contributed by atoms with E-state index in [1.54, 1.807) is 13.8 Å². The lowest BCUT2D eigenvalue weighted by atomic mass is 10.1. The van der Waals surface area contributed by atoms with Gasteiger partial charge in [0.2, 0.25) is 0 Å². The number of benzene rings is 1. The number of halogens is 1. The van der Waals surface area contributed by atoms with Crippen LogP contribution < -0.4 is 0 Å². The quantitative estimate of drug-likeness (QED) is 0.609. The van der Waals surface area contributed by atoms with Crippen LogP contribution in [-0.4, -0.2) is 28.8 Å². The summed E-state index contributed by atoms with van der Waals surface area (Å²) >= 11 is 3.11. The number of nitriles is 1. The zero-order valence-electron chi connectivity index (χ0n) is 11.2. The van der Waals surface area contributed by atoms with Crippen molar-refractivity contribution < 1.29 is 9.72 Å². The molecule has 0 fully saturated rings. The number of carbonyl (C=O) groups excluding carboxylic acids is 1. The molecule has 0 radical (unpaired) electrons. The first-order valence-corrected chi connectivity index (χ1v) is 6.83. The van der Waals surface area contributed by atoms with Gasteiger partial charge in [0.25, 0.3) is 11.6 Å². The van der Waals surface area contributed by atoms with Gasteiger partial charge in [-0.1, -0.05) is 6.07 Å². The molecule has 0 heterocycles. The molecule has 1 aromatic carbocycles. The molecule has 0 N–H and O–H groups in total. The van der Waals surface area contributed by atoms with E-state index < -0.39 is 4.92 Å². The van der Waals surface area contributed by atoms with Crippen LogP contribution in [0.4, 0.5) is 5.69 Å². The Morgan fingerprint density at radius 2 is 2.25 bits per heavy atom. The predicted octanol–water partition coefficient (Wildman–Crippen LogP) is 2.98. The monoisotopic (exact) mass is 339 g/mol. The molecule has 0 aromatic heterocycles. The minimum Gasteiger partial charge on any atom is -0.338 e. The van der Waals surface area contributed by atoms with E-state index in [1.165, 1.54) is 23.1 Å². The van der Waals surface area contributed by atoms with Crippen LogP contribution in [0.15, 0.2) is 22.7 Å². The number of nitro groups is 1. The lowest BCUT2D eigenvalue weighted by molar-refractivity contribution is -0.385. The van der Waals surface area contributed by atoms with Gasteiger partial charge in [0.15, 0.2) is 0 Å². The molecule has 1 rings (SSSR count). The van der Waals surface area contributed by atoms with E-state index in [0.29, 0.717) is 13.1 Å². The Balaban J connectivity index is 3.11. The van der Waals surface area contributed by atoms with Crippen LogP contribution in [-0.2, 0) is 0 Å². The third-order valence-corrected chi connectivity index (χ3v) is 3.62. The van der Waals surface area contributed by atoms with Gasteiger partial charge in [-0.15, -0.1) is 0 Å². The first kappa shape index (κ1) is 16.1. The summed E-state index contributed by atoms with van der Waals surface area (Å²) < 4.78 is 0.165. The van der Waals surface area contributed by atoms with Crippen molar-refractivity contribution in [1.82, 2.24) is 4.90 Å². The molecule has 7 heteroatoms. The van der Waals surface area contributed by atoms with Crippen molar-refractivity contribution in [3.63, 3.8) is 0 Å². The van der Waals surface area contributed by atoms with Gasteiger partial charge in [0.1, 0.15) is 4.47 Å². The second-order valence-corrected chi connectivity index (χ2v) is 5.06. The summed E-state index contributed by atoms with van der Waals surface area (Å²) in [4.78, 5) is 24.2. The Morgan fingerprint density at radius 1 is 1.60 bits per heavy atom. The number of carbonyl (C=O) groups is 1. The molecule has 20 heavy (non-hydrogen) atoms. The number of rotatable bonds is 5. The normalized spacial score (nSPS) is 11.5. The second-order valence-electron chi connectivity index (χ2n) is 4.27. The van der Waals surface area contributed by atoms with E-state index in [9.17, 15) is 14.9 Å². The number of hydrogen-bond acceptors (Lipinski definition) is 4. The number of hydrogen-bond donors (Lipinski definition) is 0. The molecule has 0 bridgehead atoms. The molecule has 1 amide bonds. The Hall–Kier alpha value is -1.94. The van der Waals surface area contributed by atoms with E-state index >= 15 is 0 Å². The lowest BCUT2D eigenvalue weighted by Crippen LogP contribution is -2.34. The average molecular weight is 340 g/mol. The maximum atomic E-state index is 12.4. The third-order valence-electron chi connectivity index (χ3n) is 2.79. The van der Waals surface area contributed by atoms with Crippen LogP contribution in [0.5, 0.6) is 0 Å². The van der Waals surface area contributed by atoms with Crippen LogP contribution in [0.1, 0.15) is 24.2 Å². The van der Waals surface area contributed by atoms with E-state index in [2.05, 4.69) is 22.0 Å². The van der Waals surface area contributed by atoms with Crippen LogP contribution in [0, 0.1) is 27.4 Å². The van der Waals surface area contributed by atoms with Crippen molar-refractivity contribution in [2.45, 2.75) is 13.8 Å².